The lowest BCUT2D eigenvalue weighted by atomic mass is 9.93. The number of hydrogen-bond acceptors (Lipinski definition) is 2. The third-order valence-corrected chi connectivity index (χ3v) is 2.48. The average Bonchev–Trinajstić information content (AvgIpc) is 2.08. The van der Waals surface area contributed by atoms with E-state index in [2.05, 4.69) is 5.32 Å². The highest BCUT2D eigenvalue weighted by molar-refractivity contribution is 5.73. The van der Waals surface area contributed by atoms with Crippen molar-refractivity contribution in [2.24, 2.45) is 0 Å². The molecule has 1 aliphatic rings. The number of carbonyl (C=O) groups excluding carboxylic acids is 1. The molecular weight excluding hydrogens is 166 g/mol. The van der Waals surface area contributed by atoms with E-state index in [9.17, 15) is 4.79 Å². The maximum absolute atomic E-state index is 10.8. The molecule has 0 aromatic rings. The first kappa shape index (κ1) is 10.5. The molecule has 1 aliphatic carbocycles. The lowest BCUT2D eigenvalue weighted by molar-refractivity contribution is -0.120. The van der Waals surface area contributed by atoms with Crippen molar-refractivity contribution in [2.75, 3.05) is 6.61 Å². The predicted octanol–water partition coefficient (Wildman–Crippen LogP) is 1.47. The fourth-order valence-electron chi connectivity index (χ4n) is 1.90. The van der Waals surface area contributed by atoms with E-state index in [-0.39, 0.29) is 5.91 Å². The van der Waals surface area contributed by atoms with Crippen molar-refractivity contribution in [1.82, 2.24) is 5.32 Å². The van der Waals surface area contributed by atoms with Gasteiger partial charge in [-0.3, -0.25) is 4.79 Å². The van der Waals surface area contributed by atoms with Gasteiger partial charge in [0.25, 0.3) is 0 Å². The lowest BCUT2D eigenvalue weighted by Gasteiger charge is -2.28. The molecule has 1 amide bonds. The van der Waals surface area contributed by atoms with Gasteiger partial charge in [-0.05, 0) is 32.6 Å². The summed E-state index contributed by atoms with van der Waals surface area (Å²) in [5.41, 5.74) is 0. The molecule has 3 nitrogen and oxygen atoms in total. The number of nitrogens with one attached hydrogen (secondary N) is 1. The van der Waals surface area contributed by atoms with E-state index in [1.165, 1.54) is 0 Å². The van der Waals surface area contributed by atoms with Crippen LogP contribution in [0, 0.1) is 0 Å². The molecule has 0 aromatic heterocycles. The zero-order chi connectivity index (χ0) is 9.68. The van der Waals surface area contributed by atoms with Crippen molar-refractivity contribution < 1.29 is 9.53 Å². The normalized spacial score (nSPS) is 28.5. The summed E-state index contributed by atoms with van der Waals surface area (Å²) in [6.07, 6.45) is 4.71. The van der Waals surface area contributed by atoms with E-state index < -0.39 is 0 Å². The second kappa shape index (κ2) is 5.22. The molecule has 0 aliphatic heterocycles. The first-order valence-electron chi connectivity index (χ1n) is 5.11. The van der Waals surface area contributed by atoms with Crippen LogP contribution in [-0.2, 0) is 9.53 Å². The Kier molecular flexibility index (Phi) is 4.22. The van der Waals surface area contributed by atoms with Crippen molar-refractivity contribution in [1.29, 1.82) is 0 Å². The van der Waals surface area contributed by atoms with Gasteiger partial charge in [-0.1, -0.05) is 0 Å². The van der Waals surface area contributed by atoms with Gasteiger partial charge >= 0.3 is 0 Å². The van der Waals surface area contributed by atoms with Crippen LogP contribution in [0.15, 0.2) is 0 Å². The third kappa shape index (κ3) is 3.77. The second-order valence-corrected chi connectivity index (χ2v) is 3.63. The Morgan fingerprint density at radius 2 is 2.00 bits per heavy atom. The van der Waals surface area contributed by atoms with E-state index in [1.54, 1.807) is 6.92 Å². The van der Waals surface area contributed by atoms with Crippen LogP contribution in [0.3, 0.4) is 0 Å². The Bertz CT molecular complexity index is 162. The summed E-state index contributed by atoms with van der Waals surface area (Å²) in [4.78, 5) is 10.8. The molecule has 0 atom stereocenters. The zero-order valence-electron chi connectivity index (χ0n) is 8.51. The van der Waals surface area contributed by atoms with Crippen molar-refractivity contribution >= 4 is 5.91 Å². The summed E-state index contributed by atoms with van der Waals surface area (Å²) in [5, 5.41) is 2.95. The molecule has 0 spiro atoms. The highest BCUT2D eigenvalue weighted by Crippen LogP contribution is 2.20. The van der Waals surface area contributed by atoms with Gasteiger partial charge < -0.3 is 10.1 Å². The Morgan fingerprint density at radius 3 is 2.46 bits per heavy atom. The Morgan fingerprint density at radius 1 is 1.38 bits per heavy atom. The van der Waals surface area contributed by atoms with Gasteiger partial charge in [0.05, 0.1) is 6.10 Å². The third-order valence-electron chi connectivity index (χ3n) is 2.48. The molecule has 0 unspecified atom stereocenters. The van der Waals surface area contributed by atoms with Crippen LogP contribution in [-0.4, -0.2) is 24.7 Å². The molecule has 1 N–H and O–H groups in total. The summed E-state index contributed by atoms with van der Waals surface area (Å²) >= 11 is 0. The molecule has 0 saturated heterocycles. The minimum absolute atomic E-state index is 0.0832. The quantitative estimate of drug-likeness (QED) is 0.723. The fraction of sp³-hybridized carbons (Fsp3) is 0.900. The minimum atomic E-state index is 0.0832. The number of amides is 1. The van der Waals surface area contributed by atoms with Crippen molar-refractivity contribution in [3.63, 3.8) is 0 Å². The monoisotopic (exact) mass is 185 g/mol. The summed E-state index contributed by atoms with van der Waals surface area (Å²) in [7, 11) is 0. The van der Waals surface area contributed by atoms with Crippen LogP contribution < -0.4 is 5.32 Å². The molecule has 1 fully saturated rings. The van der Waals surface area contributed by atoms with Gasteiger partial charge in [-0.15, -0.1) is 0 Å². The number of carbonyl (C=O) groups is 1. The molecular formula is C10H19NO2. The standard InChI is InChI=1S/C10H19NO2/c1-3-13-10-6-4-9(5-7-10)11-8(2)12/h9-10H,3-7H2,1-2H3,(H,11,12). The van der Waals surface area contributed by atoms with Gasteiger partial charge in [0, 0.05) is 19.6 Å². The summed E-state index contributed by atoms with van der Waals surface area (Å²) < 4.78 is 5.52. The number of ether oxygens (including phenoxy) is 1. The van der Waals surface area contributed by atoms with Gasteiger partial charge in [0.2, 0.25) is 5.91 Å². The molecule has 1 saturated carbocycles. The zero-order valence-corrected chi connectivity index (χ0v) is 8.51. The van der Waals surface area contributed by atoms with E-state index in [4.69, 9.17) is 4.74 Å². The highest BCUT2D eigenvalue weighted by atomic mass is 16.5. The summed E-state index contributed by atoms with van der Waals surface area (Å²) in [5.74, 6) is 0.0832. The summed E-state index contributed by atoms with van der Waals surface area (Å²) in [6.45, 7) is 4.41. The van der Waals surface area contributed by atoms with Crippen molar-refractivity contribution in [3.05, 3.63) is 0 Å². The molecule has 13 heavy (non-hydrogen) atoms. The largest absolute Gasteiger partial charge is 0.379 e. The van der Waals surface area contributed by atoms with Crippen molar-refractivity contribution in [2.45, 2.75) is 51.7 Å². The van der Waals surface area contributed by atoms with Crippen LogP contribution in [0.25, 0.3) is 0 Å². The van der Waals surface area contributed by atoms with Crippen LogP contribution in [0.4, 0.5) is 0 Å². The van der Waals surface area contributed by atoms with Crippen LogP contribution in [0.1, 0.15) is 39.5 Å². The lowest BCUT2D eigenvalue weighted by Crippen LogP contribution is -2.37. The van der Waals surface area contributed by atoms with E-state index in [0.29, 0.717) is 12.1 Å². The smallest absolute Gasteiger partial charge is 0.217 e. The Hall–Kier alpha value is -0.570. The van der Waals surface area contributed by atoms with Crippen LogP contribution in [0.5, 0.6) is 0 Å². The highest BCUT2D eigenvalue weighted by Gasteiger charge is 2.21. The average molecular weight is 185 g/mol. The van der Waals surface area contributed by atoms with Crippen molar-refractivity contribution in [3.8, 4) is 0 Å². The van der Waals surface area contributed by atoms with Gasteiger partial charge in [-0.25, -0.2) is 0 Å². The SMILES string of the molecule is CCOC1CCC(NC(C)=O)CC1. The topological polar surface area (TPSA) is 38.3 Å². The number of hydrogen-bond donors (Lipinski definition) is 1. The predicted molar refractivity (Wildman–Crippen MR) is 51.5 cm³/mol. The minimum Gasteiger partial charge on any atom is -0.379 e. The molecule has 0 bridgehead atoms. The second-order valence-electron chi connectivity index (χ2n) is 3.63. The maximum Gasteiger partial charge on any atom is 0.217 e. The van der Waals surface area contributed by atoms with E-state index in [0.717, 1.165) is 32.3 Å². The van der Waals surface area contributed by atoms with E-state index >= 15 is 0 Å². The van der Waals surface area contributed by atoms with E-state index in [1.807, 2.05) is 6.92 Å². The Labute approximate surface area is 79.8 Å². The van der Waals surface area contributed by atoms with Gasteiger partial charge in [-0.2, -0.15) is 0 Å². The van der Waals surface area contributed by atoms with Gasteiger partial charge in [0.1, 0.15) is 0 Å². The van der Waals surface area contributed by atoms with Gasteiger partial charge in [0.15, 0.2) is 0 Å². The first-order chi connectivity index (χ1) is 6.22. The Balaban J connectivity index is 2.18. The first-order valence-corrected chi connectivity index (χ1v) is 5.11. The molecule has 3 heteroatoms. The fourth-order valence-corrected chi connectivity index (χ4v) is 1.90. The molecule has 76 valence electrons. The molecule has 0 radical (unpaired) electrons. The summed E-state index contributed by atoms with van der Waals surface area (Å²) in [6, 6.07) is 0.384. The number of rotatable bonds is 3. The van der Waals surface area contributed by atoms with Crippen LogP contribution >= 0.6 is 0 Å². The molecule has 0 heterocycles. The molecule has 0 aromatic carbocycles. The molecule has 1 rings (SSSR count). The van der Waals surface area contributed by atoms with Crippen LogP contribution in [0.2, 0.25) is 0 Å². The maximum atomic E-state index is 10.8.